The Morgan fingerprint density at radius 2 is 1.74 bits per heavy atom. The lowest BCUT2D eigenvalue weighted by Gasteiger charge is -2.23. The molecule has 2 aromatic rings. The molecule has 1 saturated heterocycles. The van der Waals surface area contributed by atoms with Crippen LogP contribution in [-0.4, -0.2) is 31.7 Å². The van der Waals surface area contributed by atoms with Crippen LogP contribution in [0.2, 0.25) is 0 Å². The van der Waals surface area contributed by atoms with Crippen LogP contribution in [0.15, 0.2) is 59.5 Å². The van der Waals surface area contributed by atoms with Crippen LogP contribution in [0.5, 0.6) is 0 Å². The molecule has 0 radical (unpaired) electrons. The van der Waals surface area contributed by atoms with Crippen molar-refractivity contribution in [3.63, 3.8) is 0 Å². The molecule has 1 fully saturated rings. The lowest BCUT2D eigenvalue weighted by Crippen LogP contribution is -2.31. The molecular formula is C17H17NO4S. The number of benzene rings is 2. The summed E-state index contributed by atoms with van der Waals surface area (Å²) >= 11 is 0. The molecule has 1 atom stereocenters. The summed E-state index contributed by atoms with van der Waals surface area (Å²) in [6.45, 7) is 2.10. The minimum atomic E-state index is -3.68. The maximum Gasteiger partial charge on any atom is 0.245 e. The lowest BCUT2D eigenvalue weighted by molar-refractivity contribution is 0.0683. The van der Waals surface area contributed by atoms with Crippen LogP contribution in [0.25, 0.3) is 0 Å². The van der Waals surface area contributed by atoms with Gasteiger partial charge in [-0.3, -0.25) is 4.79 Å². The van der Waals surface area contributed by atoms with Crippen molar-refractivity contribution < 1.29 is 17.9 Å². The van der Waals surface area contributed by atoms with Gasteiger partial charge in [-0.25, -0.2) is 8.42 Å². The van der Waals surface area contributed by atoms with E-state index in [-0.39, 0.29) is 10.7 Å². The van der Waals surface area contributed by atoms with Crippen molar-refractivity contribution >= 4 is 15.8 Å². The Balaban J connectivity index is 1.93. The molecule has 0 aliphatic carbocycles. The van der Waals surface area contributed by atoms with E-state index in [1.807, 2.05) is 30.3 Å². The summed E-state index contributed by atoms with van der Waals surface area (Å²) in [5.41, 5.74) is 1.29. The summed E-state index contributed by atoms with van der Waals surface area (Å²) in [5.74, 6) is -0.0967. The predicted octanol–water partition coefficient (Wildman–Crippen LogP) is 2.61. The highest BCUT2D eigenvalue weighted by atomic mass is 32.2. The van der Waals surface area contributed by atoms with Crippen LogP contribution < -0.4 is 0 Å². The maximum absolute atomic E-state index is 12.9. The summed E-state index contributed by atoms with van der Waals surface area (Å²) in [7, 11) is -3.68. The highest BCUT2D eigenvalue weighted by Crippen LogP contribution is 2.32. The fourth-order valence-electron chi connectivity index (χ4n) is 2.58. The molecule has 1 heterocycles. The van der Waals surface area contributed by atoms with E-state index in [9.17, 15) is 13.2 Å². The van der Waals surface area contributed by atoms with Crippen molar-refractivity contribution in [1.82, 2.24) is 4.31 Å². The molecule has 0 bridgehead atoms. The van der Waals surface area contributed by atoms with Gasteiger partial charge in [0.2, 0.25) is 10.0 Å². The first-order valence-electron chi connectivity index (χ1n) is 7.29. The van der Waals surface area contributed by atoms with Crippen molar-refractivity contribution in [2.75, 3.05) is 13.2 Å². The van der Waals surface area contributed by atoms with Crippen molar-refractivity contribution in [3.8, 4) is 0 Å². The number of carbonyl (C=O) groups is 1. The highest BCUT2D eigenvalue weighted by Gasteiger charge is 2.37. The molecule has 1 aliphatic rings. The summed E-state index contributed by atoms with van der Waals surface area (Å²) in [6.07, 6.45) is -0.617. The third-order valence-corrected chi connectivity index (χ3v) is 5.66. The van der Waals surface area contributed by atoms with Gasteiger partial charge in [0, 0.05) is 12.1 Å². The average Bonchev–Trinajstić information content (AvgIpc) is 3.06. The first-order chi connectivity index (χ1) is 11.0. The van der Waals surface area contributed by atoms with Crippen LogP contribution in [-0.2, 0) is 14.8 Å². The Morgan fingerprint density at radius 3 is 2.35 bits per heavy atom. The van der Waals surface area contributed by atoms with Crippen LogP contribution in [0, 0.1) is 0 Å². The quantitative estimate of drug-likeness (QED) is 0.808. The van der Waals surface area contributed by atoms with E-state index in [0.29, 0.717) is 18.7 Å². The van der Waals surface area contributed by atoms with Crippen LogP contribution >= 0.6 is 0 Å². The van der Waals surface area contributed by atoms with Gasteiger partial charge < -0.3 is 4.74 Å². The van der Waals surface area contributed by atoms with Crippen molar-refractivity contribution in [2.45, 2.75) is 18.0 Å². The Kier molecular flexibility index (Phi) is 4.30. The summed E-state index contributed by atoms with van der Waals surface area (Å²) in [6, 6.07) is 15.3. The first-order valence-corrected chi connectivity index (χ1v) is 8.73. The number of Topliss-reactive ketones (excluding diaryl/α,β-unsaturated/α-hetero) is 1. The van der Waals surface area contributed by atoms with Crippen LogP contribution in [0.1, 0.15) is 29.1 Å². The second kappa shape index (κ2) is 6.23. The zero-order chi connectivity index (χ0) is 16.4. The summed E-state index contributed by atoms with van der Waals surface area (Å²) in [4.78, 5) is 11.5. The van der Waals surface area contributed by atoms with Crippen molar-refractivity contribution in [3.05, 3.63) is 65.7 Å². The third-order valence-electron chi connectivity index (χ3n) is 3.80. The molecule has 2 aromatic carbocycles. The van der Waals surface area contributed by atoms with Gasteiger partial charge in [-0.1, -0.05) is 42.5 Å². The fraction of sp³-hybridized carbons (Fsp3) is 0.235. The Hall–Kier alpha value is -2.02. The smallest absolute Gasteiger partial charge is 0.245 e. The van der Waals surface area contributed by atoms with Gasteiger partial charge in [0.25, 0.3) is 0 Å². The van der Waals surface area contributed by atoms with Gasteiger partial charge in [0.1, 0.15) is 6.23 Å². The minimum Gasteiger partial charge on any atom is -0.356 e. The lowest BCUT2D eigenvalue weighted by atomic mass is 10.2. The van der Waals surface area contributed by atoms with Gasteiger partial charge in [-0.2, -0.15) is 4.31 Å². The largest absolute Gasteiger partial charge is 0.356 e. The number of sulfonamides is 1. The molecule has 3 rings (SSSR count). The number of nitrogens with zero attached hydrogens (tertiary/aromatic N) is 1. The molecule has 6 heteroatoms. The molecule has 0 amide bonds. The molecular weight excluding hydrogens is 314 g/mol. The van der Waals surface area contributed by atoms with Gasteiger partial charge >= 0.3 is 0 Å². The van der Waals surface area contributed by atoms with Gasteiger partial charge in [0.05, 0.1) is 11.5 Å². The molecule has 0 aromatic heterocycles. The predicted molar refractivity (Wildman–Crippen MR) is 85.5 cm³/mol. The van der Waals surface area contributed by atoms with Gasteiger partial charge in [-0.05, 0) is 24.6 Å². The van der Waals surface area contributed by atoms with Crippen molar-refractivity contribution in [1.29, 1.82) is 0 Å². The van der Waals surface area contributed by atoms with E-state index in [2.05, 4.69) is 0 Å². The highest BCUT2D eigenvalue weighted by molar-refractivity contribution is 7.89. The standard InChI is InChI=1S/C17H17NO4S/c1-13(19)14-7-9-16(10-8-14)23(20,21)18-11-12-22-17(18)15-5-3-2-4-6-15/h2-10,17H,11-12H2,1H3. The normalized spacial score (nSPS) is 18.9. The molecule has 0 spiro atoms. The Bertz CT molecular complexity index is 800. The molecule has 0 N–H and O–H groups in total. The van der Waals surface area contributed by atoms with Crippen LogP contribution in [0.4, 0.5) is 0 Å². The van der Waals surface area contributed by atoms with Gasteiger partial charge in [0.15, 0.2) is 5.78 Å². The SMILES string of the molecule is CC(=O)c1ccc(S(=O)(=O)N2CCOC2c2ccccc2)cc1. The minimum absolute atomic E-state index is 0.0967. The van der Waals surface area contributed by atoms with E-state index >= 15 is 0 Å². The molecule has 120 valence electrons. The number of ether oxygens (including phenoxy) is 1. The first kappa shape index (κ1) is 15.9. The number of rotatable bonds is 4. The number of ketones is 1. The van der Waals surface area contributed by atoms with Gasteiger partial charge in [-0.15, -0.1) is 0 Å². The number of hydrogen-bond acceptors (Lipinski definition) is 4. The molecule has 1 aliphatic heterocycles. The second-order valence-electron chi connectivity index (χ2n) is 5.33. The third kappa shape index (κ3) is 3.06. The Labute approximate surface area is 135 Å². The molecule has 1 unspecified atom stereocenters. The number of hydrogen-bond donors (Lipinski definition) is 0. The van der Waals surface area contributed by atoms with E-state index in [0.717, 1.165) is 5.56 Å². The van der Waals surface area contributed by atoms with Crippen LogP contribution in [0.3, 0.4) is 0 Å². The van der Waals surface area contributed by atoms with Crippen molar-refractivity contribution in [2.24, 2.45) is 0 Å². The monoisotopic (exact) mass is 331 g/mol. The zero-order valence-electron chi connectivity index (χ0n) is 12.7. The molecule has 0 saturated carbocycles. The fourth-order valence-corrected chi connectivity index (χ4v) is 4.08. The number of carbonyl (C=O) groups excluding carboxylic acids is 1. The average molecular weight is 331 g/mol. The maximum atomic E-state index is 12.9. The summed E-state index contributed by atoms with van der Waals surface area (Å²) in [5, 5.41) is 0. The molecule has 5 nitrogen and oxygen atoms in total. The topological polar surface area (TPSA) is 63.7 Å². The van der Waals surface area contributed by atoms with E-state index < -0.39 is 16.3 Å². The van der Waals surface area contributed by atoms with E-state index in [1.54, 1.807) is 0 Å². The van der Waals surface area contributed by atoms with E-state index in [4.69, 9.17) is 4.74 Å². The molecule has 23 heavy (non-hydrogen) atoms. The summed E-state index contributed by atoms with van der Waals surface area (Å²) < 4.78 is 32.7. The second-order valence-corrected chi connectivity index (χ2v) is 7.22. The Morgan fingerprint density at radius 1 is 1.09 bits per heavy atom. The van der Waals surface area contributed by atoms with E-state index in [1.165, 1.54) is 35.5 Å². The zero-order valence-corrected chi connectivity index (χ0v) is 13.5.